The van der Waals surface area contributed by atoms with Gasteiger partial charge in [-0.3, -0.25) is 9.69 Å². The van der Waals surface area contributed by atoms with Crippen molar-refractivity contribution in [2.24, 2.45) is 11.8 Å². The first kappa shape index (κ1) is 11.9. The zero-order chi connectivity index (χ0) is 11.5. The molecule has 2 fully saturated rings. The van der Waals surface area contributed by atoms with E-state index in [0.717, 1.165) is 19.0 Å². The third-order valence-corrected chi connectivity index (χ3v) is 4.03. The van der Waals surface area contributed by atoms with Gasteiger partial charge < -0.3 is 4.74 Å². The number of ether oxygens (including phenoxy) is 1. The average molecular weight is 225 g/mol. The summed E-state index contributed by atoms with van der Waals surface area (Å²) in [6, 6.07) is 0.0376. The molecule has 2 saturated carbocycles. The second kappa shape index (κ2) is 5.17. The van der Waals surface area contributed by atoms with Crippen LogP contribution >= 0.6 is 0 Å². The highest BCUT2D eigenvalue weighted by molar-refractivity contribution is 5.76. The van der Waals surface area contributed by atoms with E-state index in [1.807, 2.05) is 0 Å². The van der Waals surface area contributed by atoms with Crippen LogP contribution in [0.4, 0.5) is 0 Å². The van der Waals surface area contributed by atoms with Crippen LogP contribution in [-0.2, 0) is 9.53 Å². The molecule has 3 heteroatoms. The zero-order valence-electron chi connectivity index (χ0n) is 10.4. The van der Waals surface area contributed by atoms with Crippen molar-refractivity contribution in [3.05, 3.63) is 0 Å². The summed E-state index contributed by atoms with van der Waals surface area (Å²) in [7, 11) is 1.51. The Morgan fingerprint density at radius 1 is 1.38 bits per heavy atom. The lowest BCUT2D eigenvalue weighted by atomic mass is 9.84. The molecule has 0 aromatic heterocycles. The minimum Gasteiger partial charge on any atom is -0.468 e. The van der Waals surface area contributed by atoms with Gasteiger partial charge in [-0.25, -0.2) is 0 Å². The van der Waals surface area contributed by atoms with Gasteiger partial charge in [0.15, 0.2) is 0 Å². The van der Waals surface area contributed by atoms with Crippen LogP contribution in [0.25, 0.3) is 0 Å². The van der Waals surface area contributed by atoms with E-state index in [0.29, 0.717) is 5.92 Å². The first-order valence-electron chi connectivity index (χ1n) is 6.58. The van der Waals surface area contributed by atoms with E-state index in [4.69, 9.17) is 4.74 Å². The molecule has 0 aliphatic heterocycles. The average Bonchev–Trinajstić information content (AvgIpc) is 3.04. The van der Waals surface area contributed by atoms with Crippen molar-refractivity contribution in [3.63, 3.8) is 0 Å². The third-order valence-electron chi connectivity index (χ3n) is 4.03. The molecule has 1 unspecified atom stereocenters. The van der Waals surface area contributed by atoms with Gasteiger partial charge in [0.05, 0.1) is 7.11 Å². The molecule has 16 heavy (non-hydrogen) atoms. The van der Waals surface area contributed by atoms with Crippen LogP contribution in [-0.4, -0.2) is 37.1 Å². The molecule has 0 N–H and O–H groups in total. The summed E-state index contributed by atoms with van der Waals surface area (Å²) in [6.07, 6.45) is 6.44. The predicted molar refractivity (Wildman–Crippen MR) is 63.1 cm³/mol. The van der Waals surface area contributed by atoms with Gasteiger partial charge in [0.25, 0.3) is 0 Å². The Morgan fingerprint density at radius 2 is 2.06 bits per heavy atom. The van der Waals surface area contributed by atoms with Crippen LogP contribution in [0.3, 0.4) is 0 Å². The van der Waals surface area contributed by atoms with Crippen molar-refractivity contribution in [1.82, 2.24) is 4.90 Å². The molecular weight excluding hydrogens is 202 g/mol. The molecule has 0 amide bonds. The van der Waals surface area contributed by atoms with Crippen molar-refractivity contribution in [2.45, 2.75) is 45.1 Å². The minimum atomic E-state index is -0.0244. The Hall–Kier alpha value is -0.570. The van der Waals surface area contributed by atoms with E-state index < -0.39 is 0 Å². The number of rotatable bonds is 6. The summed E-state index contributed by atoms with van der Waals surface area (Å²) >= 11 is 0. The van der Waals surface area contributed by atoms with Crippen LogP contribution in [0.2, 0.25) is 0 Å². The Balaban J connectivity index is 1.94. The molecule has 2 aliphatic carbocycles. The van der Waals surface area contributed by atoms with Crippen LogP contribution < -0.4 is 0 Å². The maximum atomic E-state index is 11.8. The topological polar surface area (TPSA) is 29.5 Å². The van der Waals surface area contributed by atoms with E-state index in [1.165, 1.54) is 39.2 Å². The van der Waals surface area contributed by atoms with Crippen LogP contribution in [0.5, 0.6) is 0 Å². The molecule has 1 atom stereocenters. The van der Waals surface area contributed by atoms with Gasteiger partial charge in [-0.1, -0.05) is 13.3 Å². The number of hydrogen-bond donors (Lipinski definition) is 0. The fourth-order valence-electron chi connectivity index (χ4n) is 2.62. The predicted octanol–water partition coefficient (Wildman–Crippen LogP) is 2.06. The van der Waals surface area contributed by atoms with Crippen molar-refractivity contribution in [2.75, 3.05) is 20.2 Å². The maximum absolute atomic E-state index is 11.8. The SMILES string of the molecule is CCN(CC1CCC1)C(C(=O)OC)C1CC1. The molecule has 0 spiro atoms. The number of nitrogens with zero attached hydrogens (tertiary/aromatic N) is 1. The monoisotopic (exact) mass is 225 g/mol. The van der Waals surface area contributed by atoms with Gasteiger partial charge in [-0.2, -0.15) is 0 Å². The van der Waals surface area contributed by atoms with Gasteiger partial charge in [-0.15, -0.1) is 0 Å². The lowest BCUT2D eigenvalue weighted by Gasteiger charge is -2.35. The molecule has 92 valence electrons. The van der Waals surface area contributed by atoms with Gasteiger partial charge in [0.1, 0.15) is 6.04 Å². The Bertz CT molecular complexity index is 246. The number of esters is 1. The van der Waals surface area contributed by atoms with E-state index in [9.17, 15) is 4.79 Å². The molecule has 0 aromatic carbocycles. The third kappa shape index (κ3) is 2.57. The molecule has 0 heterocycles. The molecular formula is C13H23NO2. The largest absolute Gasteiger partial charge is 0.468 e. The lowest BCUT2D eigenvalue weighted by molar-refractivity contribution is -0.148. The smallest absolute Gasteiger partial charge is 0.323 e. The highest BCUT2D eigenvalue weighted by atomic mass is 16.5. The summed E-state index contributed by atoms with van der Waals surface area (Å²) in [5.74, 6) is 1.36. The first-order chi connectivity index (χ1) is 7.76. The number of likely N-dealkylation sites (N-methyl/N-ethyl adjacent to an activating group) is 1. The van der Waals surface area contributed by atoms with Gasteiger partial charge in [0.2, 0.25) is 0 Å². The zero-order valence-corrected chi connectivity index (χ0v) is 10.4. The molecule has 2 rings (SSSR count). The molecule has 0 radical (unpaired) electrons. The second-order valence-electron chi connectivity index (χ2n) is 5.19. The van der Waals surface area contributed by atoms with Gasteiger partial charge in [-0.05, 0) is 44.1 Å². The van der Waals surface area contributed by atoms with E-state index in [2.05, 4.69) is 11.8 Å². The number of methoxy groups -OCH3 is 1. The van der Waals surface area contributed by atoms with E-state index in [1.54, 1.807) is 0 Å². The Morgan fingerprint density at radius 3 is 2.44 bits per heavy atom. The lowest BCUT2D eigenvalue weighted by Crippen LogP contribution is -2.46. The summed E-state index contributed by atoms with van der Waals surface area (Å²) < 4.78 is 4.95. The first-order valence-corrected chi connectivity index (χ1v) is 6.58. The van der Waals surface area contributed by atoms with E-state index in [-0.39, 0.29) is 12.0 Å². The highest BCUT2D eigenvalue weighted by Gasteiger charge is 2.41. The maximum Gasteiger partial charge on any atom is 0.323 e. The number of carbonyl (C=O) groups is 1. The van der Waals surface area contributed by atoms with Crippen molar-refractivity contribution in [1.29, 1.82) is 0 Å². The Labute approximate surface area is 98.1 Å². The van der Waals surface area contributed by atoms with Crippen LogP contribution in [0.1, 0.15) is 39.0 Å². The van der Waals surface area contributed by atoms with Crippen molar-refractivity contribution in [3.8, 4) is 0 Å². The summed E-state index contributed by atoms with van der Waals surface area (Å²) in [5.41, 5.74) is 0. The fourth-order valence-corrected chi connectivity index (χ4v) is 2.62. The minimum absolute atomic E-state index is 0.0244. The summed E-state index contributed by atoms with van der Waals surface area (Å²) in [6.45, 7) is 4.20. The Kier molecular flexibility index (Phi) is 3.85. The van der Waals surface area contributed by atoms with Crippen molar-refractivity contribution >= 4 is 5.97 Å². The van der Waals surface area contributed by atoms with Gasteiger partial charge in [0, 0.05) is 6.54 Å². The molecule has 2 aliphatic rings. The summed E-state index contributed by atoms with van der Waals surface area (Å²) in [5, 5.41) is 0. The number of carbonyl (C=O) groups excluding carboxylic acids is 1. The van der Waals surface area contributed by atoms with Crippen LogP contribution in [0.15, 0.2) is 0 Å². The quantitative estimate of drug-likeness (QED) is 0.648. The molecule has 0 saturated heterocycles. The second-order valence-corrected chi connectivity index (χ2v) is 5.19. The fraction of sp³-hybridized carbons (Fsp3) is 0.923. The summed E-state index contributed by atoms with van der Waals surface area (Å²) in [4.78, 5) is 14.2. The standard InChI is InChI=1S/C13H23NO2/c1-3-14(9-10-5-4-6-10)12(11-7-8-11)13(15)16-2/h10-12H,3-9H2,1-2H3. The van der Waals surface area contributed by atoms with Crippen LogP contribution in [0, 0.1) is 11.8 Å². The number of hydrogen-bond acceptors (Lipinski definition) is 3. The van der Waals surface area contributed by atoms with E-state index >= 15 is 0 Å². The molecule has 3 nitrogen and oxygen atoms in total. The van der Waals surface area contributed by atoms with Crippen molar-refractivity contribution < 1.29 is 9.53 Å². The highest BCUT2D eigenvalue weighted by Crippen LogP contribution is 2.37. The van der Waals surface area contributed by atoms with Gasteiger partial charge >= 0.3 is 5.97 Å². The molecule has 0 bridgehead atoms. The normalized spacial score (nSPS) is 22.9. The molecule has 0 aromatic rings.